The van der Waals surface area contributed by atoms with Crippen LogP contribution in [0.3, 0.4) is 0 Å². The summed E-state index contributed by atoms with van der Waals surface area (Å²) < 4.78 is 0. The van der Waals surface area contributed by atoms with E-state index in [4.69, 9.17) is 0 Å². The van der Waals surface area contributed by atoms with E-state index in [0.717, 1.165) is 46.5 Å². The molecule has 2 aromatic carbocycles. The minimum absolute atomic E-state index is 0.115. The lowest BCUT2D eigenvalue weighted by Crippen LogP contribution is -2.16. The van der Waals surface area contributed by atoms with Crippen molar-refractivity contribution in [2.75, 3.05) is 22.1 Å². The molecule has 2 aromatic heterocycles. The molecule has 0 aliphatic heterocycles. The van der Waals surface area contributed by atoms with E-state index in [1.165, 1.54) is 35.7 Å². The van der Waals surface area contributed by atoms with Crippen molar-refractivity contribution in [3.05, 3.63) is 91.8 Å². The number of carbonyl (C=O) groups is 2. The Morgan fingerprint density at radius 2 is 1.09 bits per heavy atom. The van der Waals surface area contributed by atoms with Crippen molar-refractivity contribution in [1.29, 1.82) is 0 Å². The molecule has 0 atom stereocenters. The molecule has 0 aliphatic rings. The number of hydrogen-bond acceptors (Lipinski definition) is 8. The Balaban J connectivity index is 1.33. The number of benzene rings is 2. The first kappa shape index (κ1) is 32.7. The number of nitrogens with zero attached hydrogens (tertiary/aromatic N) is 2. The Labute approximate surface area is 264 Å². The monoisotopic (exact) mass is 632 g/mol. The summed E-state index contributed by atoms with van der Waals surface area (Å²) in [5.74, 6) is -0.159. The van der Waals surface area contributed by atoms with Crippen molar-refractivity contribution in [3.63, 3.8) is 0 Å². The predicted octanol–water partition coefficient (Wildman–Crippen LogP) is 5.50. The van der Waals surface area contributed by atoms with Gasteiger partial charge in [0.15, 0.2) is 10.3 Å². The number of anilines is 2. The number of nitrogens with one attached hydrogen (secondary N) is 4. The van der Waals surface area contributed by atoms with Crippen molar-refractivity contribution < 1.29 is 9.59 Å². The van der Waals surface area contributed by atoms with Gasteiger partial charge in [-0.1, -0.05) is 62.3 Å². The maximum atomic E-state index is 12.6. The van der Waals surface area contributed by atoms with Crippen LogP contribution < -0.4 is 21.8 Å². The lowest BCUT2D eigenvalue weighted by molar-refractivity contribution is -0.114. The van der Waals surface area contributed by atoms with E-state index in [1.807, 2.05) is 64.1 Å². The first-order chi connectivity index (χ1) is 21.1. The Bertz CT molecular complexity index is 1640. The van der Waals surface area contributed by atoms with Crippen molar-refractivity contribution in [1.82, 2.24) is 19.9 Å². The number of aromatic nitrogens is 4. The van der Waals surface area contributed by atoms with Crippen LogP contribution in [0.4, 0.5) is 11.4 Å². The number of rotatable bonds is 13. The van der Waals surface area contributed by atoms with Crippen LogP contribution in [0.5, 0.6) is 0 Å². The molecule has 230 valence electrons. The summed E-state index contributed by atoms with van der Waals surface area (Å²) >= 11 is 2.38. The molecule has 0 unspecified atom stereocenters. The third kappa shape index (κ3) is 9.42. The molecule has 2 amide bonds. The third-order valence-corrected chi connectivity index (χ3v) is 8.32. The van der Waals surface area contributed by atoms with Gasteiger partial charge in [-0.3, -0.25) is 19.2 Å². The average molecular weight is 633 g/mol. The second kappa shape index (κ2) is 15.5. The van der Waals surface area contributed by atoms with Gasteiger partial charge >= 0.3 is 0 Å². The van der Waals surface area contributed by atoms with Gasteiger partial charge in [0.1, 0.15) is 0 Å². The summed E-state index contributed by atoms with van der Waals surface area (Å²) in [7, 11) is 0. The van der Waals surface area contributed by atoms with E-state index in [2.05, 4.69) is 30.6 Å². The van der Waals surface area contributed by atoms with Gasteiger partial charge in [0.2, 0.25) is 11.8 Å². The Morgan fingerprint density at radius 3 is 1.45 bits per heavy atom. The summed E-state index contributed by atoms with van der Waals surface area (Å²) in [6, 6.07) is 14.6. The van der Waals surface area contributed by atoms with E-state index in [9.17, 15) is 19.2 Å². The molecule has 4 N–H and O–H groups in total. The van der Waals surface area contributed by atoms with Crippen molar-refractivity contribution >= 4 is 46.7 Å². The van der Waals surface area contributed by atoms with Crippen molar-refractivity contribution in [2.45, 2.75) is 63.7 Å². The first-order valence-electron chi connectivity index (χ1n) is 14.4. The smallest absolute Gasteiger partial charge is 0.251 e. The normalized spacial score (nSPS) is 10.9. The van der Waals surface area contributed by atoms with Gasteiger partial charge in [0.25, 0.3) is 11.1 Å². The highest BCUT2D eigenvalue weighted by Gasteiger charge is 2.12. The van der Waals surface area contributed by atoms with Crippen LogP contribution in [0, 0.1) is 13.8 Å². The maximum absolute atomic E-state index is 12.6. The molecule has 0 spiro atoms. The van der Waals surface area contributed by atoms with E-state index in [-0.39, 0.29) is 34.4 Å². The van der Waals surface area contributed by atoms with Gasteiger partial charge in [-0.25, -0.2) is 9.97 Å². The van der Waals surface area contributed by atoms with Crippen molar-refractivity contribution in [3.8, 4) is 11.1 Å². The van der Waals surface area contributed by atoms with E-state index in [0.29, 0.717) is 34.5 Å². The molecule has 0 bridgehead atoms. The minimum Gasteiger partial charge on any atom is -0.325 e. The highest BCUT2D eigenvalue weighted by molar-refractivity contribution is 8.00. The van der Waals surface area contributed by atoms with Crippen LogP contribution in [-0.4, -0.2) is 43.3 Å². The molecule has 0 saturated heterocycles. The molecule has 0 radical (unpaired) electrons. The lowest BCUT2D eigenvalue weighted by atomic mass is 10.00. The van der Waals surface area contributed by atoms with Crippen LogP contribution in [0.25, 0.3) is 11.1 Å². The third-order valence-electron chi connectivity index (χ3n) is 6.57. The zero-order valence-corrected chi connectivity index (χ0v) is 26.8. The van der Waals surface area contributed by atoms with E-state index < -0.39 is 0 Å². The Hall–Kier alpha value is -4.16. The van der Waals surface area contributed by atoms with Crippen LogP contribution in [-0.2, 0) is 22.4 Å². The topological polar surface area (TPSA) is 150 Å². The number of thioether (sulfide) groups is 2. The van der Waals surface area contributed by atoms with Crippen LogP contribution in [0.2, 0.25) is 0 Å². The molecule has 4 rings (SSSR count). The quantitative estimate of drug-likeness (QED) is 0.111. The number of H-pyrrole nitrogens is 2. The second-order valence-electron chi connectivity index (χ2n) is 10.3. The highest BCUT2D eigenvalue weighted by atomic mass is 32.2. The summed E-state index contributed by atoms with van der Waals surface area (Å²) in [5, 5.41) is 6.74. The van der Waals surface area contributed by atoms with Gasteiger partial charge in [0.05, 0.1) is 11.5 Å². The summed E-state index contributed by atoms with van der Waals surface area (Å²) in [4.78, 5) is 63.2. The molecule has 4 aromatic rings. The summed E-state index contributed by atoms with van der Waals surface area (Å²) in [6.45, 7) is 7.90. The molecule has 0 fully saturated rings. The molecular formula is C32H36N6O4S2. The minimum atomic E-state index is -0.220. The SMILES string of the molecule is CCCc1cc(=O)[nH]c(SCC(=O)Nc2ccc(-c3ccc(NC(=O)CSc4nc(CCC)cc(=O)[nH]4)c(C)c3)cc2C)n1. The fourth-order valence-electron chi connectivity index (χ4n) is 4.48. The highest BCUT2D eigenvalue weighted by Crippen LogP contribution is 2.28. The van der Waals surface area contributed by atoms with Gasteiger partial charge in [-0.05, 0) is 73.2 Å². The number of aromatic amines is 2. The zero-order valence-electron chi connectivity index (χ0n) is 25.2. The molecule has 0 saturated carbocycles. The molecule has 44 heavy (non-hydrogen) atoms. The number of hydrogen-bond donors (Lipinski definition) is 4. The van der Waals surface area contributed by atoms with Gasteiger partial charge in [-0.2, -0.15) is 0 Å². The molecule has 2 heterocycles. The standard InChI is InChI=1S/C32H36N6O4S2/c1-5-7-23-15-27(39)37-31(33-23)43-17-29(41)35-25-11-9-21(13-19(25)3)22-10-12-26(20(4)14-22)36-30(42)18-44-32-34-24(8-6-2)16-28(40)38-32/h9-16H,5-8,17-18H2,1-4H3,(H,35,41)(H,36,42)(H,33,37,39)(H,34,38,40). The van der Waals surface area contributed by atoms with Gasteiger partial charge in [-0.15, -0.1) is 0 Å². The average Bonchev–Trinajstić information content (AvgIpc) is 2.97. The maximum Gasteiger partial charge on any atom is 0.251 e. The van der Waals surface area contributed by atoms with E-state index >= 15 is 0 Å². The fraction of sp³-hybridized carbons (Fsp3) is 0.312. The zero-order chi connectivity index (χ0) is 31.6. The Morgan fingerprint density at radius 1 is 0.682 bits per heavy atom. The molecule has 10 nitrogen and oxygen atoms in total. The van der Waals surface area contributed by atoms with Crippen molar-refractivity contribution in [2.24, 2.45) is 0 Å². The van der Waals surface area contributed by atoms with Crippen LogP contribution in [0.1, 0.15) is 49.2 Å². The fourth-order valence-corrected chi connectivity index (χ4v) is 5.87. The lowest BCUT2D eigenvalue weighted by Gasteiger charge is -2.13. The number of amides is 2. The van der Waals surface area contributed by atoms with Crippen LogP contribution >= 0.6 is 23.5 Å². The number of aryl methyl sites for hydroxylation is 4. The van der Waals surface area contributed by atoms with E-state index in [1.54, 1.807) is 0 Å². The number of carbonyl (C=O) groups excluding carboxylic acids is 2. The molecular weight excluding hydrogens is 597 g/mol. The van der Waals surface area contributed by atoms with Gasteiger partial charge in [0, 0.05) is 34.9 Å². The second-order valence-corrected chi connectivity index (χ2v) is 12.2. The predicted molar refractivity (Wildman–Crippen MR) is 178 cm³/mol. The van der Waals surface area contributed by atoms with Gasteiger partial charge < -0.3 is 20.6 Å². The summed E-state index contributed by atoms with van der Waals surface area (Å²) in [5.41, 5.74) is 6.16. The first-order valence-corrected chi connectivity index (χ1v) is 16.4. The largest absolute Gasteiger partial charge is 0.325 e. The van der Waals surface area contributed by atoms with Crippen LogP contribution in [0.15, 0.2) is 68.4 Å². The summed E-state index contributed by atoms with van der Waals surface area (Å²) in [6.07, 6.45) is 3.19. The molecule has 12 heteroatoms. The molecule has 0 aliphatic carbocycles. The Kier molecular flexibility index (Phi) is 11.6.